The molecule has 6 heteroatoms. The number of carbonyl (C=O) groups excluding carboxylic acids is 2. The second-order valence-electron chi connectivity index (χ2n) is 5.89. The summed E-state index contributed by atoms with van der Waals surface area (Å²) < 4.78 is 0. The van der Waals surface area contributed by atoms with Crippen molar-refractivity contribution in [3.05, 3.63) is 29.8 Å². The zero-order chi connectivity index (χ0) is 16.7. The van der Waals surface area contributed by atoms with Crippen molar-refractivity contribution in [3.63, 3.8) is 0 Å². The Kier molecular flexibility index (Phi) is 6.55. The minimum atomic E-state index is -0.511. The Morgan fingerprint density at radius 2 is 1.87 bits per heavy atom. The van der Waals surface area contributed by atoms with Gasteiger partial charge in [0.1, 0.15) is 0 Å². The van der Waals surface area contributed by atoms with Crippen LogP contribution in [-0.2, 0) is 4.79 Å². The lowest BCUT2D eigenvalue weighted by molar-refractivity contribution is -0.117. The largest absolute Gasteiger partial charge is 0.351 e. The fourth-order valence-corrected chi connectivity index (χ4v) is 2.56. The molecule has 0 aromatic heterocycles. The van der Waals surface area contributed by atoms with E-state index in [1.807, 2.05) is 6.92 Å². The third-order valence-electron chi connectivity index (χ3n) is 4.10. The molecule has 1 aliphatic rings. The van der Waals surface area contributed by atoms with Crippen LogP contribution in [0.25, 0.3) is 0 Å². The molecule has 1 aromatic rings. The highest BCUT2D eigenvalue weighted by Gasteiger charge is 2.13. The van der Waals surface area contributed by atoms with Crippen molar-refractivity contribution in [3.8, 4) is 0 Å². The maximum Gasteiger partial charge on any atom is 0.251 e. The van der Waals surface area contributed by atoms with E-state index in [4.69, 9.17) is 5.73 Å². The topological polar surface area (TPSA) is 87.5 Å². The van der Waals surface area contributed by atoms with Gasteiger partial charge < -0.3 is 21.3 Å². The van der Waals surface area contributed by atoms with Gasteiger partial charge in [-0.25, -0.2) is 0 Å². The lowest BCUT2D eigenvalue weighted by Crippen LogP contribution is -2.35. The van der Waals surface area contributed by atoms with E-state index in [0.717, 1.165) is 19.6 Å². The van der Waals surface area contributed by atoms with E-state index >= 15 is 0 Å². The van der Waals surface area contributed by atoms with Gasteiger partial charge in [0.25, 0.3) is 5.91 Å². The summed E-state index contributed by atoms with van der Waals surface area (Å²) in [5.41, 5.74) is 6.90. The van der Waals surface area contributed by atoms with E-state index in [1.165, 1.54) is 12.8 Å². The van der Waals surface area contributed by atoms with Crippen LogP contribution >= 0.6 is 0 Å². The highest BCUT2D eigenvalue weighted by Crippen LogP contribution is 2.10. The van der Waals surface area contributed by atoms with Gasteiger partial charge in [0.2, 0.25) is 5.91 Å². The van der Waals surface area contributed by atoms with Gasteiger partial charge in [-0.3, -0.25) is 9.59 Å². The standard InChI is InChI=1S/C17H26N4O2/c1-2-15(18)17(23)20-14-7-5-13(6-8-14)16(22)19-9-12-21-10-3-4-11-21/h5-8,15H,2-4,9-12,18H2,1H3,(H,19,22)(H,20,23)/t15-/m0/s1. The van der Waals surface area contributed by atoms with Crippen LogP contribution in [0.15, 0.2) is 24.3 Å². The van der Waals surface area contributed by atoms with Crippen LogP contribution in [0.4, 0.5) is 5.69 Å². The molecule has 0 unspecified atom stereocenters. The van der Waals surface area contributed by atoms with Crippen LogP contribution in [0.5, 0.6) is 0 Å². The Morgan fingerprint density at radius 1 is 1.22 bits per heavy atom. The Labute approximate surface area is 137 Å². The molecule has 0 bridgehead atoms. The number of hydrogen-bond donors (Lipinski definition) is 3. The average molecular weight is 318 g/mol. The summed E-state index contributed by atoms with van der Waals surface area (Å²) >= 11 is 0. The Bertz CT molecular complexity index is 524. The van der Waals surface area contributed by atoms with Crippen LogP contribution in [0.1, 0.15) is 36.5 Å². The first-order valence-corrected chi connectivity index (χ1v) is 8.27. The number of rotatable bonds is 7. The minimum absolute atomic E-state index is 0.0904. The molecule has 1 atom stereocenters. The van der Waals surface area contributed by atoms with Crippen molar-refractivity contribution < 1.29 is 9.59 Å². The van der Waals surface area contributed by atoms with Gasteiger partial charge in [0, 0.05) is 24.3 Å². The molecule has 4 N–H and O–H groups in total. The molecule has 0 radical (unpaired) electrons. The number of nitrogens with one attached hydrogen (secondary N) is 2. The van der Waals surface area contributed by atoms with Crippen molar-refractivity contribution in [2.24, 2.45) is 5.73 Å². The zero-order valence-electron chi connectivity index (χ0n) is 13.7. The van der Waals surface area contributed by atoms with E-state index < -0.39 is 6.04 Å². The van der Waals surface area contributed by atoms with Gasteiger partial charge in [-0.2, -0.15) is 0 Å². The predicted octanol–water partition coefficient (Wildman–Crippen LogP) is 1.19. The summed E-state index contributed by atoms with van der Waals surface area (Å²) in [6.07, 6.45) is 3.09. The summed E-state index contributed by atoms with van der Waals surface area (Å²) in [5, 5.41) is 5.66. The number of hydrogen-bond acceptors (Lipinski definition) is 4. The number of nitrogens with two attached hydrogens (primary N) is 1. The third kappa shape index (κ3) is 5.33. The lowest BCUT2D eigenvalue weighted by Gasteiger charge is -2.15. The zero-order valence-corrected chi connectivity index (χ0v) is 13.7. The first-order chi connectivity index (χ1) is 11.1. The summed E-state index contributed by atoms with van der Waals surface area (Å²) in [4.78, 5) is 26.1. The third-order valence-corrected chi connectivity index (χ3v) is 4.10. The van der Waals surface area contributed by atoms with Gasteiger partial charge in [-0.1, -0.05) is 6.92 Å². The quantitative estimate of drug-likeness (QED) is 0.705. The maximum absolute atomic E-state index is 12.1. The number of benzene rings is 1. The van der Waals surface area contributed by atoms with Gasteiger partial charge in [-0.05, 0) is 56.6 Å². The molecule has 126 valence electrons. The first kappa shape index (κ1) is 17.4. The Balaban J connectivity index is 1.78. The number of amides is 2. The molecule has 0 aliphatic carbocycles. The molecule has 0 saturated carbocycles. The van der Waals surface area contributed by atoms with Gasteiger partial charge in [-0.15, -0.1) is 0 Å². The van der Waals surface area contributed by atoms with E-state index in [0.29, 0.717) is 24.2 Å². The summed E-state index contributed by atoms with van der Waals surface area (Å²) in [7, 11) is 0. The smallest absolute Gasteiger partial charge is 0.251 e. The monoisotopic (exact) mass is 318 g/mol. The van der Waals surface area contributed by atoms with Gasteiger partial charge >= 0.3 is 0 Å². The molecule has 6 nitrogen and oxygen atoms in total. The lowest BCUT2D eigenvalue weighted by atomic mass is 10.1. The van der Waals surface area contributed by atoms with Gasteiger partial charge in [0.05, 0.1) is 6.04 Å². The molecule has 1 heterocycles. The summed E-state index contributed by atoms with van der Waals surface area (Å²) in [5.74, 6) is -0.303. The van der Waals surface area contributed by atoms with Crippen LogP contribution in [0, 0.1) is 0 Å². The molecule has 23 heavy (non-hydrogen) atoms. The normalized spacial score (nSPS) is 16.1. The Hall–Kier alpha value is -1.92. The molecule has 0 spiro atoms. The van der Waals surface area contributed by atoms with Crippen molar-refractivity contribution in [2.75, 3.05) is 31.5 Å². The van der Waals surface area contributed by atoms with Crippen molar-refractivity contribution >= 4 is 17.5 Å². The number of anilines is 1. The van der Waals surface area contributed by atoms with Crippen molar-refractivity contribution in [1.29, 1.82) is 0 Å². The molecule has 1 aliphatic heterocycles. The van der Waals surface area contributed by atoms with Crippen LogP contribution in [-0.4, -0.2) is 48.9 Å². The molecule has 1 saturated heterocycles. The average Bonchev–Trinajstić information content (AvgIpc) is 3.08. The molecular formula is C17H26N4O2. The number of likely N-dealkylation sites (tertiary alicyclic amines) is 1. The fraction of sp³-hybridized carbons (Fsp3) is 0.529. The van der Waals surface area contributed by atoms with Crippen LogP contribution < -0.4 is 16.4 Å². The van der Waals surface area contributed by atoms with Crippen molar-refractivity contribution in [1.82, 2.24) is 10.2 Å². The Morgan fingerprint density at radius 3 is 2.48 bits per heavy atom. The molecule has 1 fully saturated rings. The SMILES string of the molecule is CC[C@H](N)C(=O)Nc1ccc(C(=O)NCCN2CCCC2)cc1. The second kappa shape index (κ2) is 8.64. The molecule has 2 rings (SSSR count). The fourth-order valence-electron chi connectivity index (χ4n) is 2.56. The van der Waals surface area contributed by atoms with E-state index in [1.54, 1.807) is 24.3 Å². The van der Waals surface area contributed by atoms with E-state index in [9.17, 15) is 9.59 Å². The molecular weight excluding hydrogens is 292 g/mol. The molecule has 1 aromatic carbocycles. The van der Waals surface area contributed by atoms with E-state index in [-0.39, 0.29) is 11.8 Å². The second-order valence-corrected chi connectivity index (χ2v) is 5.89. The maximum atomic E-state index is 12.1. The first-order valence-electron chi connectivity index (χ1n) is 8.27. The summed E-state index contributed by atoms with van der Waals surface area (Å²) in [6.45, 7) is 5.67. The minimum Gasteiger partial charge on any atom is -0.351 e. The van der Waals surface area contributed by atoms with Crippen molar-refractivity contribution in [2.45, 2.75) is 32.2 Å². The molecule has 2 amide bonds. The van der Waals surface area contributed by atoms with E-state index in [2.05, 4.69) is 15.5 Å². The predicted molar refractivity (Wildman–Crippen MR) is 91.3 cm³/mol. The number of carbonyl (C=O) groups is 2. The van der Waals surface area contributed by atoms with Crippen LogP contribution in [0.2, 0.25) is 0 Å². The van der Waals surface area contributed by atoms with Gasteiger partial charge in [0.15, 0.2) is 0 Å². The highest BCUT2D eigenvalue weighted by molar-refractivity contribution is 5.97. The van der Waals surface area contributed by atoms with Crippen LogP contribution in [0.3, 0.4) is 0 Å². The summed E-state index contributed by atoms with van der Waals surface area (Å²) in [6, 6.07) is 6.34. The number of nitrogens with zero attached hydrogens (tertiary/aromatic N) is 1. The highest BCUT2D eigenvalue weighted by atomic mass is 16.2.